The average Bonchev–Trinajstić information content (AvgIpc) is 2.58. The monoisotopic (exact) mass is 391 g/mol. The van der Waals surface area contributed by atoms with E-state index < -0.39 is 15.9 Å². The van der Waals surface area contributed by atoms with Crippen LogP contribution < -0.4 is 10.0 Å². The number of nitrogens with two attached hydrogens (primary N) is 1. The topological polar surface area (TPSA) is 104 Å². The van der Waals surface area contributed by atoms with Crippen molar-refractivity contribution in [3.8, 4) is 6.07 Å². The maximum atomic E-state index is 13.2. The Morgan fingerprint density at radius 1 is 1.23 bits per heavy atom. The van der Waals surface area contributed by atoms with E-state index in [0.29, 0.717) is 6.42 Å². The smallest absolute Gasteiger partial charge is 0.264 e. The minimum absolute atomic E-state index is 0.0182. The van der Waals surface area contributed by atoms with Gasteiger partial charge in [0.1, 0.15) is 0 Å². The molecule has 0 saturated heterocycles. The number of primary amides is 1. The van der Waals surface area contributed by atoms with E-state index in [0.717, 1.165) is 9.87 Å². The van der Waals surface area contributed by atoms with Gasteiger partial charge in [0, 0.05) is 18.0 Å². The molecule has 8 heteroatoms. The molecule has 2 aromatic carbocycles. The third-order valence-electron chi connectivity index (χ3n) is 3.75. The molecule has 0 fully saturated rings. The van der Waals surface area contributed by atoms with Crippen LogP contribution in [0.5, 0.6) is 0 Å². The van der Waals surface area contributed by atoms with Gasteiger partial charge in [-0.1, -0.05) is 29.3 Å². The summed E-state index contributed by atoms with van der Waals surface area (Å²) in [6, 6.07) is 12.6. The quantitative estimate of drug-likeness (QED) is 0.731. The van der Waals surface area contributed by atoms with Crippen LogP contribution in [-0.2, 0) is 10.0 Å². The highest BCUT2D eigenvalue weighted by Crippen LogP contribution is 2.30. The van der Waals surface area contributed by atoms with Crippen molar-refractivity contribution >= 4 is 33.2 Å². The zero-order valence-corrected chi connectivity index (χ0v) is 15.7. The lowest BCUT2D eigenvalue weighted by Crippen LogP contribution is -2.34. The van der Waals surface area contributed by atoms with Crippen LogP contribution in [0.4, 0.5) is 5.69 Å². The van der Waals surface area contributed by atoms with Crippen LogP contribution in [0.25, 0.3) is 0 Å². The summed E-state index contributed by atoms with van der Waals surface area (Å²) in [7, 11) is -3.97. The zero-order chi connectivity index (χ0) is 19.3. The molecule has 0 aliphatic heterocycles. The Bertz CT molecular complexity index is 951. The van der Waals surface area contributed by atoms with Crippen molar-refractivity contribution < 1.29 is 13.2 Å². The van der Waals surface area contributed by atoms with Crippen LogP contribution in [0.3, 0.4) is 0 Å². The van der Waals surface area contributed by atoms with Crippen molar-refractivity contribution in [2.45, 2.75) is 24.7 Å². The summed E-state index contributed by atoms with van der Waals surface area (Å²) in [4.78, 5) is 11.9. The molecule has 136 valence electrons. The molecule has 2 N–H and O–H groups in total. The standard InChI is InChI=1S/C18H18ClN3O3S/c1-13-4-7-15(8-5-13)26(24,25)22(11-3-2-10-20)17-12-14(19)6-9-16(17)18(21)23/h4-9,12H,2-3,11H2,1H3,(H2,21,23). The fraction of sp³-hybridized carbons (Fsp3) is 0.222. The highest BCUT2D eigenvalue weighted by molar-refractivity contribution is 7.92. The number of sulfonamides is 1. The van der Waals surface area contributed by atoms with E-state index in [1.807, 2.05) is 13.0 Å². The molecular formula is C18H18ClN3O3S. The maximum Gasteiger partial charge on any atom is 0.264 e. The van der Waals surface area contributed by atoms with Gasteiger partial charge in [-0.05, 0) is 43.7 Å². The van der Waals surface area contributed by atoms with Crippen molar-refractivity contribution in [3.63, 3.8) is 0 Å². The zero-order valence-electron chi connectivity index (χ0n) is 14.1. The molecule has 2 aromatic rings. The Hall–Kier alpha value is -2.56. The lowest BCUT2D eigenvalue weighted by molar-refractivity contribution is 0.100. The molecule has 0 radical (unpaired) electrons. The molecular weight excluding hydrogens is 374 g/mol. The van der Waals surface area contributed by atoms with Crippen LogP contribution >= 0.6 is 11.6 Å². The highest BCUT2D eigenvalue weighted by atomic mass is 35.5. The summed E-state index contributed by atoms with van der Waals surface area (Å²) in [6.07, 6.45) is 0.471. The van der Waals surface area contributed by atoms with Gasteiger partial charge in [-0.3, -0.25) is 9.10 Å². The fourth-order valence-electron chi connectivity index (χ4n) is 2.43. The van der Waals surface area contributed by atoms with Gasteiger partial charge in [0.2, 0.25) is 0 Å². The lowest BCUT2D eigenvalue weighted by Gasteiger charge is -2.26. The van der Waals surface area contributed by atoms with Gasteiger partial charge in [-0.25, -0.2) is 8.42 Å². The van der Waals surface area contributed by atoms with Crippen LogP contribution in [0, 0.1) is 18.3 Å². The number of hydrogen-bond acceptors (Lipinski definition) is 4. The Labute approximate surface area is 157 Å². The fourth-order valence-corrected chi connectivity index (χ4v) is 4.11. The van der Waals surface area contributed by atoms with Gasteiger partial charge >= 0.3 is 0 Å². The number of benzene rings is 2. The molecule has 2 rings (SSSR count). The minimum Gasteiger partial charge on any atom is -0.366 e. The first kappa shape index (κ1) is 19.8. The summed E-state index contributed by atoms with van der Waals surface area (Å²) >= 11 is 6.02. The van der Waals surface area contributed by atoms with Gasteiger partial charge in [-0.15, -0.1) is 0 Å². The number of halogens is 1. The van der Waals surface area contributed by atoms with E-state index in [-0.39, 0.29) is 34.1 Å². The second-order valence-electron chi connectivity index (χ2n) is 5.68. The number of nitriles is 1. The molecule has 0 aliphatic rings. The number of aryl methyl sites for hydroxylation is 1. The van der Waals surface area contributed by atoms with Crippen LogP contribution in [0.1, 0.15) is 28.8 Å². The highest BCUT2D eigenvalue weighted by Gasteiger charge is 2.28. The Morgan fingerprint density at radius 3 is 2.46 bits per heavy atom. The van der Waals surface area contributed by atoms with E-state index >= 15 is 0 Å². The largest absolute Gasteiger partial charge is 0.366 e. The molecule has 0 spiro atoms. The predicted octanol–water partition coefficient (Wildman–Crippen LogP) is 3.25. The van der Waals surface area contributed by atoms with Crippen molar-refractivity contribution in [2.24, 2.45) is 5.73 Å². The van der Waals surface area contributed by atoms with E-state index in [9.17, 15) is 13.2 Å². The number of rotatable bonds is 7. The van der Waals surface area contributed by atoms with Gasteiger partial charge in [0.25, 0.3) is 15.9 Å². The molecule has 0 atom stereocenters. The van der Waals surface area contributed by atoms with Crippen LogP contribution in [0.15, 0.2) is 47.4 Å². The second-order valence-corrected chi connectivity index (χ2v) is 7.98. The summed E-state index contributed by atoms with van der Waals surface area (Å²) in [5.74, 6) is -0.763. The van der Waals surface area contributed by atoms with Gasteiger partial charge in [0.15, 0.2) is 0 Å². The first-order valence-electron chi connectivity index (χ1n) is 7.83. The van der Waals surface area contributed by atoms with E-state index in [4.69, 9.17) is 22.6 Å². The summed E-state index contributed by atoms with van der Waals surface area (Å²) in [5.41, 5.74) is 6.46. The first-order valence-corrected chi connectivity index (χ1v) is 9.65. The molecule has 0 aliphatic carbocycles. The molecule has 0 heterocycles. The molecule has 0 bridgehead atoms. The lowest BCUT2D eigenvalue weighted by atomic mass is 10.1. The van der Waals surface area contributed by atoms with Crippen LogP contribution in [0.2, 0.25) is 5.02 Å². The number of anilines is 1. The second kappa shape index (κ2) is 8.21. The third kappa shape index (κ3) is 4.34. The molecule has 0 aromatic heterocycles. The van der Waals surface area contributed by atoms with E-state index in [1.165, 1.54) is 30.3 Å². The van der Waals surface area contributed by atoms with Crippen molar-refractivity contribution in [1.29, 1.82) is 5.26 Å². The Morgan fingerprint density at radius 2 is 1.88 bits per heavy atom. The summed E-state index contributed by atoms with van der Waals surface area (Å²) in [6.45, 7) is 1.87. The predicted molar refractivity (Wildman–Crippen MR) is 101 cm³/mol. The molecule has 0 unspecified atom stereocenters. The van der Waals surface area contributed by atoms with Gasteiger partial charge in [0.05, 0.1) is 22.2 Å². The third-order valence-corrected chi connectivity index (χ3v) is 5.82. The van der Waals surface area contributed by atoms with E-state index in [1.54, 1.807) is 12.1 Å². The number of carbonyl (C=O) groups is 1. The number of nitrogens with zero attached hydrogens (tertiary/aromatic N) is 2. The average molecular weight is 392 g/mol. The van der Waals surface area contributed by atoms with Crippen LogP contribution in [-0.4, -0.2) is 20.9 Å². The first-order chi connectivity index (χ1) is 12.3. The Balaban J connectivity index is 2.61. The molecule has 0 saturated carbocycles. The van der Waals surface area contributed by atoms with Crippen molar-refractivity contribution in [3.05, 3.63) is 58.6 Å². The SMILES string of the molecule is Cc1ccc(S(=O)(=O)N(CCCC#N)c2cc(Cl)ccc2C(N)=O)cc1. The number of hydrogen-bond donors (Lipinski definition) is 1. The molecule has 6 nitrogen and oxygen atoms in total. The van der Waals surface area contributed by atoms with E-state index in [2.05, 4.69) is 0 Å². The minimum atomic E-state index is -3.97. The summed E-state index contributed by atoms with van der Waals surface area (Å²) < 4.78 is 27.4. The number of unbranched alkanes of at least 4 members (excludes halogenated alkanes) is 1. The normalized spacial score (nSPS) is 11.0. The summed E-state index contributed by atoms with van der Waals surface area (Å²) in [5, 5.41) is 9.05. The van der Waals surface area contributed by atoms with Gasteiger partial charge < -0.3 is 5.73 Å². The van der Waals surface area contributed by atoms with Crippen molar-refractivity contribution in [1.82, 2.24) is 0 Å². The van der Waals surface area contributed by atoms with Crippen molar-refractivity contribution in [2.75, 3.05) is 10.8 Å². The van der Waals surface area contributed by atoms with Gasteiger partial charge in [-0.2, -0.15) is 5.26 Å². The maximum absolute atomic E-state index is 13.2. The number of carbonyl (C=O) groups excluding carboxylic acids is 1. The number of amides is 1. The molecule has 1 amide bonds. The Kier molecular flexibility index (Phi) is 6.24. The molecule has 26 heavy (non-hydrogen) atoms.